The van der Waals surface area contributed by atoms with Gasteiger partial charge < -0.3 is 14.8 Å². The van der Waals surface area contributed by atoms with Gasteiger partial charge in [0, 0.05) is 12.2 Å². The summed E-state index contributed by atoms with van der Waals surface area (Å²) in [6, 6.07) is 22.4. The van der Waals surface area contributed by atoms with Gasteiger partial charge in [-0.3, -0.25) is 9.78 Å². The third-order valence-corrected chi connectivity index (χ3v) is 6.88. The van der Waals surface area contributed by atoms with Crippen LogP contribution < -0.4 is 10.9 Å². The minimum atomic E-state index is -0.363. The van der Waals surface area contributed by atoms with Gasteiger partial charge in [-0.05, 0) is 63.0 Å². The van der Waals surface area contributed by atoms with Crippen molar-refractivity contribution in [3.05, 3.63) is 82.9 Å². The molecule has 1 aliphatic rings. The van der Waals surface area contributed by atoms with Crippen molar-refractivity contribution < 1.29 is 0 Å². The first-order valence-electron chi connectivity index (χ1n) is 12.1. The highest BCUT2D eigenvalue weighted by molar-refractivity contribution is 5.85. The van der Waals surface area contributed by atoms with Gasteiger partial charge >= 0.3 is 0 Å². The number of piperidine rings is 1. The van der Waals surface area contributed by atoms with Crippen molar-refractivity contribution in [3.8, 4) is 6.07 Å². The van der Waals surface area contributed by atoms with Gasteiger partial charge in [-0.1, -0.05) is 48.5 Å². The number of unbranched alkanes of at least 4 members (excludes halogenated alkanes) is 1. The van der Waals surface area contributed by atoms with Gasteiger partial charge in [-0.25, -0.2) is 4.98 Å². The van der Waals surface area contributed by atoms with Gasteiger partial charge in [0.1, 0.15) is 0 Å². The summed E-state index contributed by atoms with van der Waals surface area (Å²) in [7, 11) is 0. The number of benzene rings is 2. The maximum Gasteiger partial charge on any atom is 0.280 e. The minimum absolute atomic E-state index is 0. The van der Waals surface area contributed by atoms with Crippen molar-refractivity contribution >= 4 is 47.6 Å². The molecule has 0 saturated carbocycles. The first-order chi connectivity index (χ1) is 17.2. The Hall–Kier alpha value is -3.38. The zero-order valence-corrected chi connectivity index (χ0v) is 22.1. The van der Waals surface area contributed by atoms with Gasteiger partial charge in [0.15, 0.2) is 11.2 Å². The Balaban J connectivity index is 0.00000190. The molecule has 5 rings (SSSR count). The van der Waals surface area contributed by atoms with Crippen LogP contribution in [0.2, 0.25) is 0 Å². The predicted molar refractivity (Wildman–Crippen MR) is 151 cm³/mol. The first kappa shape index (κ1) is 28.2. The van der Waals surface area contributed by atoms with Crippen LogP contribution in [-0.4, -0.2) is 44.1 Å². The highest BCUT2D eigenvalue weighted by Gasteiger charge is 2.36. The number of imidazole rings is 1. The predicted octanol–water partition coefficient (Wildman–Crippen LogP) is 5.04. The number of hydrogen-bond donors (Lipinski definition) is 2. The van der Waals surface area contributed by atoms with E-state index in [1.807, 2.05) is 53.1 Å². The number of likely N-dealkylation sites (tertiary alicyclic amines) is 1. The quantitative estimate of drug-likeness (QED) is 0.304. The van der Waals surface area contributed by atoms with E-state index >= 15 is 0 Å². The number of rotatable bonds is 8. The molecule has 1 fully saturated rings. The fraction of sp³-hybridized carbons (Fsp3) is 0.333. The van der Waals surface area contributed by atoms with Crippen LogP contribution in [0.25, 0.3) is 11.2 Å². The summed E-state index contributed by atoms with van der Waals surface area (Å²) < 4.78 is 1.95. The summed E-state index contributed by atoms with van der Waals surface area (Å²) in [5.41, 5.74) is 2.32. The van der Waals surface area contributed by atoms with Gasteiger partial charge in [-0.2, -0.15) is 10.2 Å². The molecule has 8 nitrogen and oxygen atoms in total. The first-order valence-corrected chi connectivity index (χ1v) is 12.1. The molecule has 0 unspecified atom stereocenters. The standard InChI is InChI=1S/C27H29N7O.2ClH/c28-19-27(21-9-3-1-4-10-21)13-17-33(18-14-27)15-7-8-16-34-20-29-23-24(34)31-26(32-25(23)35)30-22-11-5-2-6-12-22;;/h1-6,9-12,20H,7-8,13-18H2,(H2,30,31,32,35);2*1H. The summed E-state index contributed by atoms with van der Waals surface area (Å²) in [4.78, 5) is 26.6. The molecule has 10 heteroatoms. The molecule has 4 aromatic rings. The fourth-order valence-corrected chi connectivity index (χ4v) is 4.83. The maximum absolute atomic E-state index is 12.5. The van der Waals surface area contributed by atoms with Crippen molar-refractivity contribution in [3.63, 3.8) is 0 Å². The Morgan fingerprint density at radius 3 is 2.30 bits per heavy atom. The SMILES string of the molecule is Cl.Cl.N#CC1(c2ccccc2)CCN(CCCCn2cnc3c(=O)[nH]c(Nc4ccccc4)nc32)CC1. The summed E-state index contributed by atoms with van der Waals surface area (Å²) in [6.45, 7) is 3.61. The van der Waals surface area contributed by atoms with Crippen LogP contribution in [-0.2, 0) is 12.0 Å². The molecule has 2 N–H and O–H groups in total. The Bertz CT molecular complexity index is 1370. The Morgan fingerprint density at radius 2 is 1.62 bits per heavy atom. The van der Waals surface area contributed by atoms with E-state index in [1.54, 1.807) is 6.33 Å². The van der Waals surface area contributed by atoms with E-state index in [-0.39, 0.29) is 35.8 Å². The van der Waals surface area contributed by atoms with Crippen LogP contribution in [0, 0.1) is 11.3 Å². The average Bonchev–Trinajstić information content (AvgIpc) is 3.31. The molecule has 2 aromatic heterocycles. The summed E-state index contributed by atoms with van der Waals surface area (Å²) >= 11 is 0. The minimum Gasteiger partial charge on any atom is -0.326 e. The monoisotopic (exact) mass is 539 g/mol. The van der Waals surface area contributed by atoms with Gasteiger partial charge in [0.2, 0.25) is 5.95 Å². The lowest BCUT2D eigenvalue weighted by Crippen LogP contribution is -2.42. The number of aryl methyl sites for hydroxylation is 1. The molecule has 0 atom stereocenters. The smallest absolute Gasteiger partial charge is 0.280 e. The van der Waals surface area contributed by atoms with Crippen LogP contribution in [0.4, 0.5) is 11.6 Å². The van der Waals surface area contributed by atoms with Crippen LogP contribution in [0.5, 0.6) is 0 Å². The Labute approximate surface area is 228 Å². The molecule has 2 aromatic carbocycles. The number of H-pyrrole nitrogens is 1. The second-order valence-electron chi connectivity index (χ2n) is 9.12. The van der Waals surface area contributed by atoms with Gasteiger partial charge in [0.05, 0.1) is 17.8 Å². The van der Waals surface area contributed by atoms with E-state index in [0.717, 1.165) is 63.1 Å². The fourth-order valence-electron chi connectivity index (χ4n) is 4.83. The normalized spacial score (nSPS) is 14.8. The number of nitriles is 1. The van der Waals surface area contributed by atoms with Crippen LogP contribution >= 0.6 is 24.8 Å². The van der Waals surface area contributed by atoms with Crippen molar-refractivity contribution in [1.82, 2.24) is 24.4 Å². The summed E-state index contributed by atoms with van der Waals surface area (Å²) in [5, 5.41) is 13.0. The Kier molecular flexibility index (Phi) is 9.70. The Morgan fingerprint density at radius 1 is 0.973 bits per heavy atom. The highest BCUT2D eigenvalue weighted by Crippen LogP contribution is 2.34. The second kappa shape index (κ2) is 12.7. The van der Waals surface area contributed by atoms with E-state index < -0.39 is 0 Å². The number of anilines is 2. The van der Waals surface area contributed by atoms with Crippen molar-refractivity contribution in [2.24, 2.45) is 0 Å². The number of halogens is 2. The van der Waals surface area contributed by atoms with E-state index in [0.29, 0.717) is 17.1 Å². The number of nitrogens with one attached hydrogen (secondary N) is 2. The van der Waals surface area contributed by atoms with Crippen LogP contribution in [0.3, 0.4) is 0 Å². The largest absolute Gasteiger partial charge is 0.326 e. The van der Waals surface area contributed by atoms with E-state index in [4.69, 9.17) is 0 Å². The number of para-hydroxylation sites is 1. The van der Waals surface area contributed by atoms with E-state index in [9.17, 15) is 10.1 Å². The second-order valence-corrected chi connectivity index (χ2v) is 9.12. The number of aromatic amines is 1. The lowest BCUT2D eigenvalue weighted by Gasteiger charge is -2.37. The molecule has 1 aliphatic heterocycles. The number of fused-ring (bicyclic) bond motifs is 1. The van der Waals surface area contributed by atoms with Gasteiger partial charge in [-0.15, -0.1) is 24.8 Å². The molecule has 0 bridgehead atoms. The average molecular weight is 540 g/mol. The van der Waals surface area contributed by atoms with Crippen LogP contribution in [0.15, 0.2) is 71.8 Å². The van der Waals surface area contributed by atoms with Crippen molar-refractivity contribution in [2.45, 2.75) is 37.6 Å². The molecule has 0 spiro atoms. The molecule has 1 saturated heterocycles. The molecular weight excluding hydrogens is 509 g/mol. The molecule has 37 heavy (non-hydrogen) atoms. The maximum atomic E-state index is 12.5. The topological polar surface area (TPSA) is 103 Å². The zero-order chi connectivity index (χ0) is 24.1. The zero-order valence-electron chi connectivity index (χ0n) is 20.5. The molecule has 3 heterocycles. The number of aromatic nitrogens is 4. The van der Waals surface area contributed by atoms with Crippen molar-refractivity contribution in [1.29, 1.82) is 5.26 Å². The summed E-state index contributed by atoms with van der Waals surface area (Å²) in [6.07, 6.45) is 5.41. The molecular formula is C27H31Cl2N7O. The number of nitrogens with zero attached hydrogens (tertiary/aromatic N) is 5. The highest BCUT2D eigenvalue weighted by atomic mass is 35.5. The third kappa shape index (κ3) is 6.31. The number of hydrogen-bond acceptors (Lipinski definition) is 6. The molecule has 0 amide bonds. The molecule has 194 valence electrons. The third-order valence-electron chi connectivity index (χ3n) is 6.88. The van der Waals surface area contributed by atoms with Gasteiger partial charge in [0.25, 0.3) is 5.56 Å². The van der Waals surface area contributed by atoms with Crippen molar-refractivity contribution in [2.75, 3.05) is 25.0 Å². The molecule has 0 radical (unpaired) electrons. The lowest BCUT2D eigenvalue weighted by atomic mass is 9.74. The van der Waals surface area contributed by atoms with E-state index in [1.165, 1.54) is 0 Å². The van der Waals surface area contributed by atoms with E-state index in [2.05, 4.69) is 43.4 Å². The van der Waals surface area contributed by atoms with Crippen LogP contribution in [0.1, 0.15) is 31.2 Å². The summed E-state index contributed by atoms with van der Waals surface area (Å²) in [5.74, 6) is 0.406. The molecule has 0 aliphatic carbocycles. The lowest BCUT2D eigenvalue weighted by molar-refractivity contribution is 0.182.